The van der Waals surface area contributed by atoms with Crippen LogP contribution in [0.5, 0.6) is 0 Å². The maximum Gasteiger partial charge on any atom is 0.253 e. The topological polar surface area (TPSA) is 95.6 Å². The van der Waals surface area contributed by atoms with Gasteiger partial charge in [0, 0.05) is 31.0 Å². The number of hydrogen-bond acceptors (Lipinski definition) is 4. The molecule has 158 valence electrons. The van der Waals surface area contributed by atoms with Gasteiger partial charge in [0.05, 0.1) is 10.6 Å². The summed E-state index contributed by atoms with van der Waals surface area (Å²) in [5.41, 5.74) is 0.240. The molecule has 1 heterocycles. The van der Waals surface area contributed by atoms with Gasteiger partial charge in [-0.15, -0.1) is 0 Å². The van der Waals surface area contributed by atoms with Crippen molar-refractivity contribution in [3.8, 4) is 0 Å². The number of rotatable bonds is 9. The fraction of sp³-hybridized carbons (Fsp3) is 0.500. The van der Waals surface area contributed by atoms with E-state index >= 15 is 0 Å². The Labute approximate surface area is 180 Å². The van der Waals surface area contributed by atoms with Crippen molar-refractivity contribution >= 4 is 46.8 Å². The summed E-state index contributed by atoms with van der Waals surface area (Å²) in [4.78, 5) is 49.6. The second-order valence-corrected chi connectivity index (χ2v) is 8.21. The van der Waals surface area contributed by atoms with Crippen LogP contribution in [0.15, 0.2) is 18.2 Å². The minimum absolute atomic E-state index is 0.173. The zero-order chi connectivity index (χ0) is 21.6. The lowest BCUT2D eigenvalue weighted by Gasteiger charge is -2.21. The maximum atomic E-state index is 12.6. The molecule has 7 nitrogen and oxygen atoms in total. The van der Waals surface area contributed by atoms with Crippen LogP contribution in [0, 0.1) is 5.92 Å². The van der Waals surface area contributed by atoms with Crippen molar-refractivity contribution in [1.82, 2.24) is 15.5 Å². The first kappa shape index (κ1) is 23.2. The lowest BCUT2D eigenvalue weighted by Crippen LogP contribution is -2.48. The number of likely N-dealkylation sites (tertiary alicyclic amines) is 1. The third-order valence-electron chi connectivity index (χ3n) is 4.52. The Morgan fingerprint density at radius 1 is 1.14 bits per heavy atom. The predicted octanol–water partition coefficient (Wildman–Crippen LogP) is 2.79. The molecule has 1 atom stereocenters. The Morgan fingerprint density at radius 3 is 2.38 bits per heavy atom. The molecule has 2 N–H and O–H groups in total. The van der Waals surface area contributed by atoms with Crippen molar-refractivity contribution in [2.24, 2.45) is 5.92 Å². The molecule has 1 aliphatic rings. The average molecular weight is 442 g/mol. The molecule has 9 heteroatoms. The minimum Gasteiger partial charge on any atom is -0.354 e. The number of nitrogens with zero attached hydrogens (tertiary/aromatic N) is 1. The summed E-state index contributed by atoms with van der Waals surface area (Å²) >= 11 is 11.9. The standard InChI is InChI=1S/C20H25Cl2N3O4/c1-12(2)10-16(24-19(28)14-5-4-13(21)11-15(14)22)20(29)23-8-3-9-25-17(26)6-7-18(25)27/h4-5,11-12,16H,3,6-10H2,1-2H3,(H,23,29)(H,24,28). The van der Waals surface area contributed by atoms with E-state index in [1.54, 1.807) is 6.07 Å². The van der Waals surface area contributed by atoms with Crippen LogP contribution in [0.25, 0.3) is 0 Å². The molecule has 0 spiro atoms. The smallest absolute Gasteiger partial charge is 0.253 e. The molecule has 1 unspecified atom stereocenters. The van der Waals surface area contributed by atoms with E-state index in [9.17, 15) is 19.2 Å². The third-order valence-corrected chi connectivity index (χ3v) is 5.07. The highest BCUT2D eigenvalue weighted by molar-refractivity contribution is 6.36. The number of nitrogens with one attached hydrogen (secondary N) is 2. The van der Waals surface area contributed by atoms with Gasteiger partial charge in [0.15, 0.2) is 0 Å². The van der Waals surface area contributed by atoms with Crippen LogP contribution < -0.4 is 10.6 Å². The Kier molecular flexibility index (Phi) is 8.46. The summed E-state index contributed by atoms with van der Waals surface area (Å²) < 4.78 is 0. The summed E-state index contributed by atoms with van der Waals surface area (Å²) in [6, 6.07) is 3.80. The summed E-state index contributed by atoms with van der Waals surface area (Å²) in [7, 11) is 0. The number of carbonyl (C=O) groups is 4. The molecule has 2 rings (SSSR count). The number of benzene rings is 1. The molecule has 1 aromatic carbocycles. The van der Waals surface area contributed by atoms with Gasteiger partial charge >= 0.3 is 0 Å². The van der Waals surface area contributed by atoms with Crippen LogP contribution in [0.1, 0.15) is 49.9 Å². The molecule has 0 bridgehead atoms. The highest BCUT2D eigenvalue weighted by Gasteiger charge is 2.28. The summed E-state index contributed by atoms with van der Waals surface area (Å²) in [6.45, 7) is 4.47. The molecular weight excluding hydrogens is 417 g/mol. The van der Waals surface area contributed by atoms with Crippen LogP contribution in [0.4, 0.5) is 0 Å². The highest BCUT2D eigenvalue weighted by atomic mass is 35.5. The average Bonchev–Trinajstić information content (AvgIpc) is 2.95. The van der Waals surface area contributed by atoms with Crippen LogP contribution in [0.2, 0.25) is 10.0 Å². The third kappa shape index (κ3) is 6.72. The van der Waals surface area contributed by atoms with Crippen molar-refractivity contribution in [1.29, 1.82) is 0 Å². The second kappa shape index (κ2) is 10.6. The molecular formula is C20H25Cl2N3O4. The zero-order valence-corrected chi connectivity index (χ0v) is 18.0. The highest BCUT2D eigenvalue weighted by Crippen LogP contribution is 2.21. The van der Waals surface area contributed by atoms with Gasteiger partial charge in [0.25, 0.3) is 5.91 Å². The summed E-state index contributed by atoms with van der Waals surface area (Å²) in [6.07, 6.45) is 1.41. The lowest BCUT2D eigenvalue weighted by atomic mass is 10.0. The van der Waals surface area contributed by atoms with E-state index < -0.39 is 11.9 Å². The number of amides is 4. The fourth-order valence-electron chi connectivity index (χ4n) is 3.06. The van der Waals surface area contributed by atoms with E-state index in [0.29, 0.717) is 24.4 Å². The summed E-state index contributed by atoms with van der Waals surface area (Å²) in [5, 5.41) is 6.11. The van der Waals surface area contributed by atoms with Crippen molar-refractivity contribution in [2.75, 3.05) is 13.1 Å². The van der Waals surface area contributed by atoms with Gasteiger partial charge in [-0.1, -0.05) is 37.0 Å². The molecule has 0 radical (unpaired) electrons. The Balaban J connectivity index is 1.90. The molecule has 0 saturated carbocycles. The maximum absolute atomic E-state index is 12.6. The van der Waals surface area contributed by atoms with Gasteiger partial charge in [-0.3, -0.25) is 24.1 Å². The SMILES string of the molecule is CC(C)CC(NC(=O)c1ccc(Cl)cc1Cl)C(=O)NCCCN1C(=O)CCC1=O. The van der Waals surface area contributed by atoms with Gasteiger partial charge in [-0.05, 0) is 37.0 Å². The molecule has 1 fully saturated rings. The fourth-order valence-corrected chi connectivity index (χ4v) is 3.55. The first-order chi connectivity index (χ1) is 13.7. The molecule has 0 aromatic heterocycles. The Bertz CT molecular complexity index is 782. The van der Waals surface area contributed by atoms with Gasteiger partial charge in [0.1, 0.15) is 6.04 Å². The van der Waals surface area contributed by atoms with E-state index in [4.69, 9.17) is 23.2 Å². The van der Waals surface area contributed by atoms with E-state index in [1.807, 2.05) is 13.8 Å². The lowest BCUT2D eigenvalue weighted by molar-refractivity contribution is -0.138. The van der Waals surface area contributed by atoms with Crippen LogP contribution in [0.3, 0.4) is 0 Å². The monoisotopic (exact) mass is 441 g/mol. The van der Waals surface area contributed by atoms with Crippen LogP contribution >= 0.6 is 23.2 Å². The van der Waals surface area contributed by atoms with Crippen molar-refractivity contribution in [3.63, 3.8) is 0 Å². The zero-order valence-electron chi connectivity index (χ0n) is 16.5. The molecule has 29 heavy (non-hydrogen) atoms. The first-order valence-electron chi connectivity index (χ1n) is 9.56. The normalized spacial score (nSPS) is 15.0. The van der Waals surface area contributed by atoms with Gasteiger partial charge in [0.2, 0.25) is 17.7 Å². The van der Waals surface area contributed by atoms with Gasteiger partial charge < -0.3 is 10.6 Å². The molecule has 1 aromatic rings. The molecule has 1 aliphatic heterocycles. The summed E-state index contributed by atoms with van der Waals surface area (Å²) in [5.74, 6) is -0.958. The quantitative estimate of drug-likeness (QED) is 0.454. The molecule has 1 saturated heterocycles. The van der Waals surface area contributed by atoms with Crippen molar-refractivity contribution in [2.45, 2.75) is 45.6 Å². The largest absolute Gasteiger partial charge is 0.354 e. The van der Waals surface area contributed by atoms with Gasteiger partial charge in [-0.2, -0.15) is 0 Å². The van der Waals surface area contributed by atoms with E-state index in [1.165, 1.54) is 17.0 Å². The first-order valence-corrected chi connectivity index (χ1v) is 10.3. The minimum atomic E-state index is -0.732. The molecule has 4 amide bonds. The van der Waals surface area contributed by atoms with E-state index in [2.05, 4.69) is 10.6 Å². The van der Waals surface area contributed by atoms with E-state index in [-0.39, 0.29) is 53.6 Å². The predicted molar refractivity (Wildman–Crippen MR) is 111 cm³/mol. The van der Waals surface area contributed by atoms with Gasteiger partial charge in [-0.25, -0.2) is 0 Å². The number of hydrogen-bond donors (Lipinski definition) is 2. The number of halogens is 2. The van der Waals surface area contributed by atoms with E-state index in [0.717, 1.165) is 0 Å². The van der Waals surface area contributed by atoms with Crippen molar-refractivity contribution in [3.05, 3.63) is 33.8 Å². The molecule has 0 aliphatic carbocycles. The second-order valence-electron chi connectivity index (χ2n) is 7.36. The van der Waals surface area contributed by atoms with Crippen LogP contribution in [-0.2, 0) is 14.4 Å². The Morgan fingerprint density at radius 2 is 1.79 bits per heavy atom. The Hall–Kier alpha value is -2.12. The number of carbonyl (C=O) groups excluding carboxylic acids is 4. The van der Waals surface area contributed by atoms with Crippen LogP contribution in [-0.4, -0.2) is 47.7 Å². The van der Waals surface area contributed by atoms with Crippen molar-refractivity contribution < 1.29 is 19.2 Å². The number of imide groups is 1.